The summed E-state index contributed by atoms with van der Waals surface area (Å²) in [5, 5.41) is 7.43. The number of amides is 1. The van der Waals surface area contributed by atoms with Crippen molar-refractivity contribution in [3.63, 3.8) is 0 Å². The summed E-state index contributed by atoms with van der Waals surface area (Å²) in [5.74, 6) is 2.04. The Hall–Kier alpha value is -1.90. The first-order valence-electron chi connectivity index (χ1n) is 10.1. The predicted molar refractivity (Wildman–Crippen MR) is 109 cm³/mol. The van der Waals surface area contributed by atoms with Crippen molar-refractivity contribution in [3.8, 4) is 0 Å². The van der Waals surface area contributed by atoms with Crippen LogP contribution in [0.2, 0.25) is 0 Å². The average molecular weight is 394 g/mol. The maximum Gasteiger partial charge on any atom is 0.220 e. The molecule has 1 saturated carbocycles. The van der Waals surface area contributed by atoms with Gasteiger partial charge in [0.05, 0.1) is 0 Å². The van der Waals surface area contributed by atoms with Crippen LogP contribution in [0.5, 0.6) is 0 Å². The number of aryl methyl sites for hydroxylation is 1. The number of hydrogen-bond donors (Lipinski definition) is 2. The maximum absolute atomic E-state index is 11.8. The predicted octanol–water partition coefficient (Wildman–Crippen LogP) is 1.25. The van der Waals surface area contributed by atoms with E-state index in [2.05, 4.69) is 43.6 Å². The van der Waals surface area contributed by atoms with Crippen molar-refractivity contribution in [3.05, 3.63) is 5.82 Å². The third-order valence-corrected chi connectivity index (χ3v) is 5.54. The van der Waals surface area contributed by atoms with Gasteiger partial charge in [0.2, 0.25) is 11.0 Å². The minimum atomic E-state index is 0.162. The number of rotatable bonds is 8. The zero-order chi connectivity index (χ0) is 19.1. The fourth-order valence-corrected chi connectivity index (χ4v) is 3.81. The number of guanidine groups is 1. The molecule has 0 radical (unpaired) electrons. The van der Waals surface area contributed by atoms with Gasteiger partial charge in [-0.05, 0) is 26.2 Å². The summed E-state index contributed by atoms with van der Waals surface area (Å²) >= 11 is 1.49. The highest BCUT2D eigenvalue weighted by atomic mass is 32.1. The zero-order valence-electron chi connectivity index (χ0n) is 16.4. The monoisotopic (exact) mass is 393 g/mol. The molecule has 1 aromatic heterocycles. The standard InChI is InChI=1S/C18H31N7OS/c1-3-15-22-18(27-23-15)25-12-10-24(11-13-25)17(19-4-2)20-9-5-6-16(26)21-14-7-8-14/h14H,3-13H2,1-2H3,(H,19,20)(H,21,26). The van der Waals surface area contributed by atoms with Crippen LogP contribution >= 0.6 is 11.5 Å². The van der Waals surface area contributed by atoms with Gasteiger partial charge in [-0.3, -0.25) is 9.79 Å². The van der Waals surface area contributed by atoms with E-state index in [1.54, 1.807) is 0 Å². The van der Waals surface area contributed by atoms with E-state index in [4.69, 9.17) is 4.99 Å². The Morgan fingerprint density at radius 1 is 1.26 bits per heavy atom. The molecule has 9 heteroatoms. The van der Waals surface area contributed by atoms with Crippen molar-refractivity contribution < 1.29 is 4.79 Å². The molecular formula is C18H31N7OS. The van der Waals surface area contributed by atoms with Crippen molar-refractivity contribution in [2.75, 3.05) is 44.2 Å². The SMILES string of the molecule is CCNC(=NCCCC(=O)NC1CC1)N1CCN(c2nc(CC)ns2)CC1. The smallest absolute Gasteiger partial charge is 0.220 e. The lowest BCUT2D eigenvalue weighted by Crippen LogP contribution is -2.52. The van der Waals surface area contributed by atoms with Gasteiger partial charge in [0.25, 0.3) is 0 Å². The lowest BCUT2D eigenvalue weighted by atomic mass is 10.3. The first-order chi connectivity index (χ1) is 13.2. The van der Waals surface area contributed by atoms with Gasteiger partial charge in [-0.15, -0.1) is 0 Å². The summed E-state index contributed by atoms with van der Waals surface area (Å²) in [6, 6.07) is 0.441. The van der Waals surface area contributed by atoms with E-state index in [1.165, 1.54) is 11.5 Å². The number of carbonyl (C=O) groups is 1. The number of aromatic nitrogens is 2. The van der Waals surface area contributed by atoms with E-state index >= 15 is 0 Å². The highest BCUT2D eigenvalue weighted by Gasteiger charge is 2.23. The molecule has 8 nitrogen and oxygen atoms in total. The lowest BCUT2D eigenvalue weighted by molar-refractivity contribution is -0.121. The van der Waals surface area contributed by atoms with Crippen molar-refractivity contribution in [2.24, 2.45) is 4.99 Å². The van der Waals surface area contributed by atoms with Gasteiger partial charge < -0.3 is 20.4 Å². The summed E-state index contributed by atoms with van der Waals surface area (Å²) in [7, 11) is 0. The topological polar surface area (TPSA) is 85.8 Å². The number of aliphatic imine (C=N–C) groups is 1. The summed E-state index contributed by atoms with van der Waals surface area (Å²) in [5.41, 5.74) is 0. The first-order valence-corrected chi connectivity index (χ1v) is 10.9. The van der Waals surface area contributed by atoms with Gasteiger partial charge in [0, 0.05) is 69.7 Å². The molecule has 1 aliphatic carbocycles. The molecule has 1 aromatic rings. The van der Waals surface area contributed by atoms with E-state index in [-0.39, 0.29) is 5.91 Å². The molecule has 2 aliphatic rings. The van der Waals surface area contributed by atoms with Crippen LogP contribution in [0.25, 0.3) is 0 Å². The molecule has 1 aliphatic heterocycles. The van der Waals surface area contributed by atoms with Crippen molar-refractivity contribution in [2.45, 2.75) is 52.0 Å². The maximum atomic E-state index is 11.8. The van der Waals surface area contributed by atoms with Gasteiger partial charge in [0.15, 0.2) is 5.96 Å². The van der Waals surface area contributed by atoms with Gasteiger partial charge in [0.1, 0.15) is 5.82 Å². The molecule has 150 valence electrons. The Kier molecular flexibility index (Phi) is 7.25. The third-order valence-electron chi connectivity index (χ3n) is 4.72. The van der Waals surface area contributed by atoms with Gasteiger partial charge in [-0.25, -0.2) is 4.98 Å². The number of piperazine rings is 1. The normalized spacial score (nSPS) is 17.9. The molecule has 0 bridgehead atoms. The van der Waals surface area contributed by atoms with E-state index in [9.17, 15) is 4.79 Å². The molecule has 27 heavy (non-hydrogen) atoms. The first kappa shape index (κ1) is 19.9. The Labute approximate surface area is 165 Å². The number of hydrogen-bond acceptors (Lipinski definition) is 6. The highest BCUT2D eigenvalue weighted by Crippen LogP contribution is 2.20. The minimum Gasteiger partial charge on any atom is -0.357 e. The van der Waals surface area contributed by atoms with Gasteiger partial charge >= 0.3 is 0 Å². The molecular weight excluding hydrogens is 362 g/mol. The molecule has 0 aromatic carbocycles. The second-order valence-corrected chi connectivity index (χ2v) is 7.73. The minimum absolute atomic E-state index is 0.162. The lowest BCUT2D eigenvalue weighted by Gasteiger charge is -2.36. The molecule has 1 saturated heterocycles. The summed E-state index contributed by atoms with van der Waals surface area (Å²) in [6.45, 7) is 9.36. The van der Waals surface area contributed by atoms with Crippen LogP contribution in [-0.4, -0.2) is 71.4 Å². The van der Waals surface area contributed by atoms with Crippen LogP contribution in [-0.2, 0) is 11.2 Å². The molecule has 0 unspecified atom stereocenters. The molecule has 3 rings (SSSR count). The molecule has 1 amide bonds. The molecule has 0 atom stereocenters. The quantitative estimate of drug-likeness (QED) is 0.393. The average Bonchev–Trinajstić information content (AvgIpc) is 3.36. The van der Waals surface area contributed by atoms with E-state index in [1.807, 2.05) is 0 Å². The summed E-state index contributed by atoms with van der Waals surface area (Å²) in [6.07, 6.45) is 4.50. The summed E-state index contributed by atoms with van der Waals surface area (Å²) < 4.78 is 4.39. The van der Waals surface area contributed by atoms with Crippen molar-refractivity contribution in [1.82, 2.24) is 24.9 Å². The van der Waals surface area contributed by atoms with Crippen LogP contribution in [0.15, 0.2) is 4.99 Å². The fourth-order valence-electron chi connectivity index (χ4n) is 3.00. The van der Waals surface area contributed by atoms with Crippen LogP contribution in [0.1, 0.15) is 45.4 Å². The third kappa shape index (κ3) is 6.05. The van der Waals surface area contributed by atoms with Crippen molar-refractivity contribution >= 4 is 28.5 Å². The van der Waals surface area contributed by atoms with Crippen LogP contribution in [0, 0.1) is 0 Å². The Bertz CT molecular complexity index is 635. The molecule has 2 heterocycles. The summed E-state index contributed by atoms with van der Waals surface area (Å²) in [4.78, 5) is 25.7. The molecule has 0 spiro atoms. The number of anilines is 1. The van der Waals surface area contributed by atoms with Gasteiger partial charge in [-0.2, -0.15) is 4.37 Å². The van der Waals surface area contributed by atoms with Crippen LogP contribution < -0.4 is 15.5 Å². The fraction of sp³-hybridized carbons (Fsp3) is 0.778. The zero-order valence-corrected chi connectivity index (χ0v) is 17.2. The Morgan fingerprint density at radius 2 is 2.04 bits per heavy atom. The van der Waals surface area contributed by atoms with E-state index < -0.39 is 0 Å². The highest BCUT2D eigenvalue weighted by molar-refractivity contribution is 7.09. The second kappa shape index (κ2) is 9.87. The largest absolute Gasteiger partial charge is 0.357 e. The molecule has 2 N–H and O–H groups in total. The van der Waals surface area contributed by atoms with Crippen LogP contribution in [0.3, 0.4) is 0 Å². The van der Waals surface area contributed by atoms with Gasteiger partial charge in [-0.1, -0.05) is 6.92 Å². The second-order valence-electron chi connectivity index (χ2n) is 7.00. The molecule has 2 fully saturated rings. The Balaban J connectivity index is 1.44. The Morgan fingerprint density at radius 3 is 2.67 bits per heavy atom. The van der Waals surface area contributed by atoms with Crippen LogP contribution in [0.4, 0.5) is 5.13 Å². The van der Waals surface area contributed by atoms with E-state index in [0.717, 1.165) is 75.3 Å². The number of carbonyl (C=O) groups excluding carboxylic acids is 1. The van der Waals surface area contributed by atoms with E-state index in [0.29, 0.717) is 19.0 Å². The number of nitrogens with one attached hydrogen (secondary N) is 2. The number of nitrogens with zero attached hydrogens (tertiary/aromatic N) is 5. The van der Waals surface area contributed by atoms with Crippen molar-refractivity contribution in [1.29, 1.82) is 0 Å².